The van der Waals surface area contributed by atoms with Gasteiger partial charge in [-0.1, -0.05) is 11.6 Å². The van der Waals surface area contributed by atoms with E-state index in [0.29, 0.717) is 16.4 Å². The first kappa shape index (κ1) is 15.7. The molecule has 0 fully saturated rings. The van der Waals surface area contributed by atoms with Crippen molar-refractivity contribution in [3.63, 3.8) is 0 Å². The highest BCUT2D eigenvalue weighted by atomic mass is 35.5. The van der Waals surface area contributed by atoms with Gasteiger partial charge in [-0.15, -0.1) is 11.3 Å². The molecule has 1 amide bonds. The molecule has 9 heteroatoms. The molecule has 2 N–H and O–H groups in total. The molecule has 2 aromatic heterocycles. The van der Waals surface area contributed by atoms with Gasteiger partial charge in [0.1, 0.15) is 5.82 Å². The molecule has 112 valence electrons. The van der Waals surface area contributed by atoms with E-state index in [1.807, 2.05) is 0 Å². The summed E-state index contributed by atoms with van der Waals surface area (Å²) in [6, 6.07) is 4.31. The number of nitrogens with one attached hydrogen (secondary N) is 2. The van der Waals surface area contributed by atoms with Gasteiger partial charge in [-0.3, -0.25) is 9.52 Å². The third-order valence-corrected chi connectivity index (χ3v) is 5.05. The molecule has 0 bridgehead atoms. The fraction of sp³-hybridized carbons (Fsp3) is 0.167. The number of sulfonamides is 1. The van der Waals surface area contributed by atoms with E-state index in [2.05, 4.69) is 15.0 Å². The summed E-state index contributed by atoms with van der Waals surface area (Å²) in [5.74, 6) is -0.140. The minimum atomic E-state index is -3.78. The second-order valence-corrected chi connectivity index (χ2v) is 7.00. The Hall–Kier alpha value is -1.64. The Labute approximate surface area is 131 Å². The minimum absolute atomic E-state index is 0.0190. The minimum Gasteiger partial charge on any atom is -0.352 e. The summed E-state index contributed by atoms with van der Waals surface area (Å²) in [4.78, 5) is 15.9. The topological polar surface area (TPSA) is 88.2 Å². The zero-order valence-electron chi connectivity index (χ0n) is 11.0. The molecule has 0 aliphatic heterocycles. The predicted octanol–water partition coefficient (Wildman–Crippen LogP) is 2.35. The number of thiophene rings is 1. The van der Waals surface area contributed by atoms with Crippen LogP contribution >= 0.6 is 22.9 Å². The number of carbonyl (C=O) groups excluding carboxylic acids is 1. The van der Waals surface area contributed by atoms with Gasteiger partial charge in [0.15, 0.2) is 0 Å². The molecule has 21 heavy (non-hydrogen) atoms. The van der Waals surface area contributed by atoms with Gasteiger partial charge in [-0.25, -0.2) is 13.4 Å². The van der Waals surface area contributed by atoms with Crippen molar-refractivity contribution in [1.82, 2.24) is 10.3 Å². The molecule has 2 aromatic rings. The van der Waals surface area contributed by atoms with Crippen LogP contribution in [0.25, 0.3) is 0 Å². The van der Waals surface area contributed by atoms with Crippen molar-refractivity contribution in [2.24, 2.45) is 0 Å². The molecule has 0 saturated carbocycles. The van der Waals surface area contributed by atoms with Gasteiger partial charge in [-0.05, 0) is 25.1 Å². The Kier molecular flexibility index (Phi) is 4.81. The van der Waals surface area contributed by atoms with E-state index in [4.69, 9.17) is 11.6 Å². The number of hydrogen-bond acceptors (Lipinski definition) is 5. The van der Waals surface area contributed by atoms with Crippen LogP contribution in [0, 0.1) is 0 Å². The van der Waals surface area contributed by atoms with Gasteiger partial charge >= 0.3 is 0 Å². The molecule has 0 spiro atoms. The molecule has 0 radical (unpaired) electrons. The standard InChI is InChI=1S/C12H12ClN3O3S2/c1-2-14-12(17)10-5-9(7-20-10)21(18,19)16-11-4-3-8(13)6-15-11/h3-7H,2H2,1H3,(H,14,17)(H,15,16). The molecule has 6 nitrogen and oxygen atoms in total. The van der Waals surface area contributed by atoms with Crippen molar-refractivity contribution in [2.45, 2.75) is 11.8 Å². The van der Waals surface area contributed by atoms with E-state index >= 15 is 0 Å². The molecule has 0 aromatic carbocycles. The van der Waals surface area contributed by atoms with Crippen molar-refractivity contribution in [2.75, 3.05) is 11.3 Å². The number of carbonyl (C=O) groups is 1. The number of aromatic nitrogens is 1. The number of anilines is 1. The lowest BCUT2D eigenvalue weighted by atomic mass is 10.4. The number of amides is 1. The van der Waals surface area contributed by atoms with Crippen molar-refractivity contribution in [3.05, 3.63) is 39.7 Å². The maximum atomic E-state index is 12.2. The number of nitrogens with zero attached hydrogens (tertiary/aromatic N) is 1. The van der Waals surface area contributed by atoms with Crippen LogP contribution in [-0.4, -0.2) is 25.9 Å². The molecule has 0 saturated heterocycles. The van der Waals surface area contributed by atoms with Crippen LogP contribution in [-0.2, 0) is 10.0 Å². The van der Waals surface area contributed by atoms with Gasteiger partial charge in [0.2, 0.25) is 0 Å². The highest BCUT2D eigenvalue weighted by Gasteiger charge is 2.19. The third-order valence-electron chi connectivity index (χ3n) is 2.41. The summed E-state index contributed by atoms with van der Waals surface area (Å²) < 4.78 is 26.7. The SMILES string of the molecule is CCNC(=O)c1cc(S(=O)(=O)Nc2ccc(Cl)cn2)cs1. The lowest BCUT2D eigenvalue weighted by Crippen LogP contribution is -2.21. The molecule has 2 heterocycles. The van der Waals surface area contributed by atoms with Crippen LogP contribution in [0.4, 0.5) is 5.82 Å². The Morgan fingerprint density at radius 2 is 2.19 bits per heavy atom. The largest absolute Gasteiger partial charge is 0.352 e. The van der Waals surface area contributed by atoms with Crippen molar-refractivity contribution in [1.29, 1.82) is 0 Å². The molecule has 2 rings (SSSR count). The molecular weight excluding hydrogens is 334 g/mol. The average Bonchev–Trinajstić information content (AvgIpc) is 2.92. The zero-order valence-corrected chi connectivity index (χ0v) is 13.3. The van der Waals surface area contributed by atoms with Crippen molar-refractivity contribution < 1.29 is 13.2 Å². The Balaban J connectivity index is 2.20. The number of hydrogen-bond donors (Lipinski definition) is 2. The van der Waals surface area contributed by atoms with E-state index in [1.165, 1.54) is 29.8 Å². The van der Waals surface area contributed by atoms with Crippen molar-refractivity contribution >= 4 is 44.7 Å². The van der Waals surface area contributed by atoms with Gasteiger partial charge in [0, 0.05) is 18.1 Å². The summed E-state index contributed by atoms with van der Waals surface area (Å²) in [6.07, 6.45) is 1.34. The smallest absolute Gasteiger partial charge is 0.263 e. The van der Waals surface area contributed by atoms with Crippen LogP contribution in [0.1, 0.15) is 16.6 Å². The average molecular weight is 346 g/mol. The van der Waals surface area contributed by atoms with E-state index in [1.54, 1.807) is 6.92 Å². The highest BCUT2D eigenvalue weighted by Crippen LogP contribution is 2.21. The van der Waals surface area contributed by atoms with Crippen LogP contribution in [0.3, 0.4) is 0 Å². The van der Waals surface area contributed by atoms with Crippen LogP contribution in [0.5, 0.6) is 0 Å². The first-order chi connectivity index (χ1) is 9.92. The van der Waals surface area contributed by atoms with E-state index in [-0.39, 0.29) is 16.6 Å². The fourth-order valence-electron chi connectivity index (χ4n) is 1.46. The number of pyridine rings is 1. The van der Waals surface area contributed by atoms with Gasteiger partial charge in [0.25, 0.3) is 15.9 Å². The highest BCUT2D eigenvalue weighted by molar-refractivity contribution is 7.92. The predicted molar refractivity (Wildman–Crippen MR) is 82.4 cm³/mol. The zero-order chi connectivity index (χ0) is 15.5. The summed E-state index contributed by atoms with van der Waals surface area (Å²) in [5, 5.41) is 4.43. The quantitative estimate of drug-likeness (QED) is 0.870. The fourth-order valence-corrected chi connectivity index (χ4v) is 3.77. The maximum absolute atomic E-state index is 12.2. The number of rotatable bonds is 5. The van der Waals surface area contributed by atoms with Crippen LogP contribution < -0.4 is 10.0 Å². The Morgan fingerprint density at radius 1 is 1.43 bits per heavy atom. The first-order valence-corrected chi connectivity index (χ1v) is 8.67. The van der Waals surface area contributed by atoms with Gasteiger partial charge < -0.3 is 5.32 Å². The normalized spacial score (nSPS) is 11.1. The molecule has 0 aliphatic rings. The van der Waals surface area contributed by atoms with Gasteiger partial charge in [0.05, 0.1) is 14.8 Å². The third kappa shape index (κ3) is 3.93. The first-order valence-electron chi connectivity index (χ1n) is 5.93. The van der Waals surface area contributed by atoms with Crippen molar-refractivity contribution in [3.8, 4) is 0 Å². The molecule has 0 unspecified atom stereocenters. The monoisotopic (exact) mass is 345 g/mol. The summed E-state index contributed by atoms with van der Waals surface area (Å²) in [6.45, 7) is 2.27. The summed E-state index contributed by atoms with van der Waals surface area (Å²) in [5.41, 5.74) is 0. The second kappa shape index (κ2) is 6.42. The van der Waals surface area contributed by atoms with Crippen LogP contribution in [0.15, 0.2) is 34.7 Å². The lowest BCUT2D eigenvalue weighted by molar-refractivity contribution is 0.0959. The van der Waals surface area contributed by atoms with E-state index in [0.717, 1.165) is 11.3 Å². The summed E-state index contributed by atoms with van der Waals surface area (Å²) >= 11 is 6.75. The lowest BCUT2D eigenvalue weighted by Gasteiger charge is -2.05. The maximum Gasteiger partial charge on any atom is 0.263 e. The molecule has 0 atom stereocenters. The molecular formula is C12H12ClN3O3S2. The van der Waals surface area contributed by atoms with E-state index in [9.17, 15) is 13.2 Å². The van der Waals surface area contributed by atoms with Crippen LogP contribution in [0.2, 0.25) is 5.02 Å². The molecule has 0 aliphatic carbocycles. The van der Waals surface area contributed by atoms with E-state index < -0.39 is 10.0 Å². The number of halogens is 1. The summed E-state index contributed by atoms with van der Waals surface area (Å²) in [7, 11) is -3.78. The Bertz CT molecular complexity index is 741. The van der Waals surface area contributed by atoms with Gasteiger partial charge in [-0.2, -0.15) is 0 Å². The second-order valence-electron chi connectivity index (χ2n) is 3.97. The Morgan fingerprint density at radius 3 is 2.81 bits per heavy atom.